The van der Waals surface area contributed by atoms with Crippen molar-refractivity contribution in [3.05, 3.63) is 63.1 Å². The molecule has 0 aromatic heterocycles. The number of carbonyl (C=O) groups is 2. The first-order valence-corrected chi connectivity index (χ1v) is 18.2. The lowest BCUT2D eigenvalue weighted by molar-refractivity contribution is -0.146. The van der Waals surface area contributed by atoms with Crippen LogP contribution in [0.3, 0.4) is 0 Å². The highest BCUT2D eigenvalue weighted by molar-refractivity contribution is 7.89. The Morgan fingerprint density at radius 1 is 0.878 bits per heavy atom. The van der Waals surface area contributed by atoms with Crippen LogP contribution in [0, 0.1) is 0 Å². The minimum atomic E-state index is -3.78. The SMILES string of the molecule is CCOCCNC(=O)[C@H](O)[C@@H](O)C(=O)NCCOCCOCCOCCNS(=O)(=O)c1cccc([C@@H]2CN(C)Cc3c(Cl)cc(Cl)cc32)c1. The molecule has 0 spiro atoms. The van der Waals surface area contributed by atoms with E-state index in [1.165, 1.54) is 0 Å². The van der Waals surface area contributed by atoms with Crippen molar-refractivity contribution in [2.24, 2.45) is 0 Å². The van der Waals surface area contributed by atoms with Crippen molar-refractivity contribution >= 4 is 45.0 Å². The number of amides is 2. The van der Waals surface area contributed by atoms with Gasteiger partial charge < -0.3 is 44.7 Å². The molecule has 0 aliphatic carbocycles. The number of sulfonamides is 1. The number of likely N-dealkylation sites (N-methyl/N-ethyl adjacent to an activating group) is 1. The number of nitrogens with one attached hydrogen (secondary N) is 3. The Labute approximate surface area is 297 Å². The van der Waals surface area contributed by atoms with Crippen LogP contribution in [0.4, 0.5) is 0 Å². The van der Waals surface area contributed by atoms with Gasteiger partial charge in [-0.3, -0.25) is 9.59 Å². The van der Waals surface area contributed by atoms with Gasteiger partial charge in [-0.15, -0.1) is 0 Å². The van der Waals surface area contributed by atoms with E-state index in [2.05, 4.69) is 20.3 Å². The predicted molar refractivity (Wildman–Crippen MR) is 183 cm³/mol. The number of benzene rings is 2. The van der Waals surface area contributed by atoms with Gasteiger partial charge in [0.15, 0.2) is 12.2 Å². The molecule has 2 aromatic rings. The fraction of sp³-hybridized carbons (Fsp3) is 0.562. The second-order valence-corrected chi connectivity index (χ2v) is 13.8. The van der Waals surface area contributed by atoms with Crippen molar-refractivity contribution in [3.63, 3.8) is 0 Å². The lowest BCUT2D eigenvalue weighted by atomic mass is 9.85. The Bertz CT molecular complexity index is 1470. The van der Waals surface area contributed by atoms with Crippen molar-refractivity contribution in [3.8, 4) is 0 Å². The van der Waals surface area contributed by atoms with E-state index in [0.717, 1.165) is 16.7 Å². The average molecular weight is 750 g/mol. The Morgan fingerprint density at radius 3 is 2.06 bits per heavy atom. The van der Waals surface area contributed by atoms with Gasteiger partial charge in [0, 0.05) is 55.3 Å². The number of nitrogens with zero attached hydrogens (tertiary/aromatic N) is 1. The normalized spacial score (nSPS) is 16.2. The van der Waals surface area contributed by atoms with Gasteiger partial charge in [-0.2, -0.15) is 0 Å². The van der Waals surface area contributed by atoms with Gasteiger partial charge in [0.1, 0.15) is 0 Å². The van der Waals surface area contributed by atoms with Crippen LogP contribution in [-0.4, -0.2) is 134 Å². The van der Waals surface area contributed by atoms with Gasteiger partial charge >= 0.3 is 0 Å². The van der Waals surface area contributed by atoms with Gasteiger partial charge in [-0.25, -0.2) is 13.1 Å². The Morgan fingerprint density at radius 2 is 1.45 bits per heavy atom. The first-order valence-electron chi connectivity index (χ1n) is 15.9. The number of fused-ring (bicyclic) bond motifs is 1. The second kappa shape index (κ2) is 21.1. The highest BCUT2D eigenvalue weighted by Crippen LogP contribution is 2.38. The van der Waals surface area contributed by atoms with Gasteiger partial charge in [0.05, 0.1) is 51.1 Å². The molecule has 0 bridgehead atoms. The molecule has 0 unspecified atom stereocenters. The van der Waals surface area contributed by atoms with E-state index in [1.807, 2.05) is 19.2 Å². The van der Waals surface area contributed by atoms with Crippen LogP contribution in [0.25, 0.3) is 0 Å². The van der Waals surface area contributed by atoms with E-state index in [1.54, 1.807) is 31.2 Å². The number of aliphatic hydroxyl groups excluding tert-OH is 2. The van der Waals surface area contributed by atoms with E-state index in [-0.39, 0.29) is 76.7 Å². The zero-order valence-electron chi connectivity index (χ0n) is 27.7. The summed E-state index contributed by atoms with van der Waals surface area (Å²) >= 11 is 12.8. The van der Waals surface area contributed by atoms with Crippen LogP contribution in [0.2, 0.25) is 10.0 Å². The van der Waals surface area contributed by atoms with Crippen LogP contribution < -0.4 is 15.4 Å². The number of ether oxygens (including phenoxy) is 4. The second-order valence-electron chi connectivity index (χ2n) is 11.2. The first-order chi connectivity index (χ1) is 23.4. The van der Waals surface area contributed by atoms with Crippen molar-refractivity contribution in [2.45, 2.75) is 36.5 Å². The third-order valence-corrected chi connectivity index (χ3v) is 9.49. The van der Waals surface area contributed by atoms with Gasteiger partial charge in [-0.1, -0.05) is 35.3 Å². The Kier molecular flexibility index (Phi) is 17.6. The van der Waals surface area contributed by atoms with Gasteiger partial charge in [0.2, 0.25) is 10.0 Å². The molecule has 1 aliphatic heterocycles. The molecule has 1 aliphatic rings. The van der Waals surface area contributed by atoms with Gasteiger partial charge in [0.25, 0.3) is 11.8 Å². The quantitative estimate of drug-likeness (QED) is 0.108. The number of carbonyl (C=O) groups excluding carboxylic acids is 2. The molecule has 3 atom stereocenters. The summed E-state index contributed by atoms with van der Waals surface area (Å²) in [5.41, 5.74) is 2.83. The van der Waals surface area contributed by atoms with Crippen LogP contribution >= 0.6 is 23.2 Å². The summed E-state index contributed by atoms with van der Waals surface area (Å²) in [4.78, 5) is 26.0. The zero-order chi connectivity index (χ0) is 35.8. The van der Waals surface area contributed by atoms with Crippen LogP contribution in [0.5, 0.6) is 0 Å². The third kappa shape index (κ3) is 13.3. The standard InChI is InChI=1S/C32H46Cl2N4O10S/c1-3-45-10-7-35-31(41)29(39)30(40)32(42)36-8-11-46-13-15-48-16-14-47-12-9-37-49(43,44)24-6-4-5-22(17-24)26-20-38(2)21-27-25(26)18-23(33)19-28(27)34/h4-6,17-19,26,29-30,37,39-40H,3,7-16,20-21H2,1-2H3,(H,35,41)(H,36,42)/t26-,29+,30+/m0/s1. The number of hydrogen-bond donors (Lipinski definition) is 5. The number of rotatable bonds is 22. The van der Waals surface area contributed by atoms with Crippen LogP contribution in [0.1, 0.15) is 29.5 Å². The third-order valence-electron chi connectivity index (χ3n) is 7.48. The van der Waals surface area contributed by atoms with Crippen molar-refractivity contribution in [1.29, 1.82) is 0 Å². The fourth-order valence-corrected chi connectivity index (χ4v) is 6.67. The lowest BCUT2D eigenvalue weighted by Gasteiger charge is -2.33. The Balaban J connectivity index is 1.26. The number of hydrogen-bond acceptors (Lipinski definition) is 11. The summed E-state index contributed by atoms with van der Waals surface area (Å²) in [7, 11) is -1.79. The maximum atomic E-state index is 13.0. The molecule has 49 heavy (non-hydrogen) atoms. The van der Waals surface area contributed by atoms with E-state index in [4.69, 9.17) is 42.1 Å². The predicted octanol–water partition coefficient (Wildman–Crippen LogP) is 0.890. The van der Waals surface area contributed by atoms with E-state index in [9.17, 15) is 28.2 Å². The summed E-state index contributed by atoms with van der Waals surface area (Å²) in [6.45, 7) is 5.40. The maximum Gasteiger partial charge on any atom is 0.252 e. The van der Waals surface area contributed by atoms with Crippen LogP contribution in [0.15, 0.2) is 41.3 Å². The molecule has 2 amide bonds. The highest BCUT2D eigenvalue weighted by atomic mass is 35.5. The zero-order valence-corrected chi connectivity index (χ0v) is 30.0. The van der Waals surface area contributed by atoms with E-state index < -0.39 is 34.0 Å². The average Bonchev–Trinajstić information content (AvgIpc) is 3.08. The maximum absolute atomic E-state index is 13.0. The smallest absolute Gasteiger partial charge is 0.252 e. The van der Waals surface area contributed by atoms with Crippen molar-refractivity contribution < 1.29 is 47.2 Å². The molecule has 17 heteroatoms. The van der Waals surface area contributed by atoms with Crippen molar-refractivity contribution in [1.82, 2.24) is 20.3 Å². The highest BCUT2D eigenvalue weighted by Gasteiger charge is 2.30. The molecule has 0 radical (unpaired) electrons. The first kappa shape index (κ1) is 41.0. The van der Waals surface area contributed by atoms with Gasteiger partial charge in [-0.05, 0) is 54.9 Å². The number of halogens is 2. The molecule has 2 aromatic carbocycles. The van der Waals surface area contributed by atoms with E-state index in [0.29, 0.717) is 29.7 Å². The molecular weight excluding hydrogens is 703 g/mol. The number of aliphatic hydroxyl groups is 2. The minimum absolute atomic E-state index is 0.0491. The summed E-state index contributed by atoms with van der Waals surface area (Å²) in [6, 6.07) is 10.5. The molecular formula is C32H46Cl2N4O10S. The molecule has 5 N–H and O–H groups in total. The summed E-state index contributed by atoms with van der Waals surface area (Å²) < 4.78 is 49.9. The topological polar surface area (TPSA) is 185 Å². The molecule has 0 saturated heterocycles. The Hall–Kier alpha value is -2.41. The molecule has 3 rings (SSSR count). The molecule has 274 valence electrons. The lowest BCUT2D eigenvalue weighted by Crippen LogP contribution is -2.50. The molecule has 1 heterocycles. The summed E-state index contributed by atoms with van der Waals surface area (Å²) in [5, 5.41) is 25.6. The minimum Gasteiger partial charge on any atom is -0.380 e. The monoisotopic (exact) mass is 748 g/mol. The molecule has 14 nitrogen and oxygen atoms in total. The van der Waals surface area contributed by atoms with Crippen LogP contribution in [-0.2, 0) is 45.1 Å². The summed E-state index contributed by atoms with van der Waals surface area (Å²) in [6.07, 6.45) is -3.84. The van der Waals surface area contributed by atoms with E-state index >= 15 is 0 Å². The fourth-order valence-electron chi connectivity index (χ4n) is 5.04. The largest absolute Gasteiger partial charge is 0.380 e. The summed E-state index contributed by atoms with van der Waals surface area (Å²) in [5.74, 6) is -1.88. The molecule has 0 fully saturated rings. The van der Waals surface area contributed by atoms with Crippen molar-refractivity contribution in [2.75, 3.05) is 86.1 Å². The molecule has 0 saturated carbocycles.